The van der Waals surface area contributed by atoms with Gasteiger partial charge < -0.3 is 33.6 Å². The zero-order chi connectivity index (χ0) is 12.9. The summed E-state index contributed by atoms with van der Waals surface area (Å²) in [6.07, 6.45) is 0. The van der Waals surface area contributed by atoms with E-state index in [1.54, 1.807) is 24.3 Å². The van der Waals surface area contributed by atoms with Gasteiger partial charge in [-0.1, -0.05) is 0 Å². The highest BCUT2D eigenvalue weighted by atomic mass is 15.0. The van der Waals surface area contributed by atoms with Gasteiger partial charge in [-0.2, -0.15) is 0 Å². The summed E-state index contributed by atoms with van der Waals surface area (Å²) in [6, 6.07) is 7.14. The average molecular weight is 242 g/mol. The zero-order valence-corrected chi connectivity index (χ0v) is 9.62. The molecule has 0 radical (unpaired) electrons. The second-order valence-corrected chi connectivity index (χ2v) is 4.30. The van der Waals surface area contributed by atoms with Crippen molar-refractivity contribution in [3.8, 4) is 0 Å². The van der Waals surface area contributed by atoms with Crippen molar-refractivity contribution >= 4 is 45.5 Å². The lowest BCUT2D eigenvalue weighted by Gasteiger charge is -2.24. The van der Waals surface area contributed by atoms with Crippen molar-refractivity contribution in [2.45, 2.75) is 0 Å². The van der Waals surface area contributed by atoms with Crippen LogP contribution >= 0.6 is 0 Å². The average Bonchev–Trinajstić information content (AvgIpc) is 2.31. The number of benzene rings is 2. The number of nitrogen functional groups attached to an aromatic ring is 4. The highest BCUT2D eigenvalue weighted by molar-refractivity contribution is 5.96. The van der Waals surface area contributed by atoms with E-state index in [9.17, 15) is 0 Å². The van der Waals surface area contributed by atoms with Gasteiger partial charge in [-0.25, -0.2) is 0 Å². The fourth-order valence-corrected chi connectivity index (χ4v) is 1.97. The first kappa shape index (κ1) is 10.4. The summed E-state index contributed by atoms with van der Waals surface area (Å²) in [5.74, 6) is 0. The molecule has 6 heteroatoms. The number of anilines is 8. The molecule has 3 rings (SSSR count). The van der Waals surface area contributed by atoms with Crippen LogP contribution in [0.5, 0.6) is 0 Å². The van der Waals surface area contributed by atoms with Crippen molar-refractivity contribution in [1.82, 2.24) is 0 Å². The molecule has 10 N–H and O–H groups in total. The molecule has 0 fully saturated rings. The van der Waals surface area contributed by atoms with Gasteiger partial charge in [-0.05, 0) is 24.3 Å². The SMILES string of the molecule is Nc1cc2c(cc1N)Nc1cc(N)c(N)cc1N2. The fourth-order valence-electron chi connectivity index (χ4n) is 1.97. The summed E-state index contributed by atoms with van der Waals surface area (Å²) in [6.45, 7) is 0. The second-order valence-electron chi connectivity index (χ2n) is 4.30. The summed E-state index contributed by atoms with van der Waals surface area (Å²) in [4.78, 5) is 0. The standard InChI is InChI=1S/C12H14N6/c13-5-1-9-10(2-6(5)14)18-12-4-8(16)7(15)3-11(12)17-9/h1-4,17-18H,13-16H2. The van der Waals surface area contributed by atoms with Gasteiger partial charge in [0.15, 0.2) is 0 Å². The minimum atomic E-state index is 0.537. The van der Waals surface area contributed by atoms with Crippen LogP contribution in [0.3, 0.4) is 0 Å². The van der Waals surface area contributed by atoms with E-state index in [1.165, 1.54) is 0 Å². The largest absolute Gasteiger partial charge is 0.397 e. The molecule has 0 saturated heterocycles. The van der Waals surface area contributed by atoms with Gasteiger partial charge in [-0.3, -0.25) is 0 Å². The first-order valence-corrected chi connectivity index (χ1v) is 5.46. The first-order chi connectivity index (χ1) is 8.54. The Kier molecular flexibility index (Phi) is 1.94. The van der Waals surface area contributed by atoms with Gasteiger partial charge in [0.1, 0.15) is 0 Å². The molecular formula is C12H14N6. The molecule has 0 atom stereocenters. The van der Waals surface area contributed by atoms with E-state index in [-0.39, 0.29) is 0 Å². The van der Waals surface area contributed by atoms with E-state index < -0.39 is 0 Å². The van der Waals surface area contributed by atoms with Gasteiger partial charge >= 0.3 is 0 Å². The van der Waals surface area contributed by atoms with Gasteiger partial charge in [-0.15, -0.1) is 0 Å². The van der Waals surface area contributed by atoms with Gasteiger partial charge in [0, 0.05) is 0 Å². The van der Waals surface area contributed by atoms with Crippen LogP contribution in [-0.4, -0.2) is 0 Å². The van der Waals surface area contributed by atoms with Crippen LogP contribution in [0.15, 0.2) is 24.3 Å². The lowest BCUT2D eigenvalue weighted by Crippen LogP contribution is -2.09. The van der Waals surface area contributed by atoms with Crippen LogP contribution in [0.25, 0.3) is 0 Å². The van der Waals surface area contributed by atoms with Gasteiger partial charge in [0.25, 0.3) is 0 Å². The minimum absolute atomic E-state index is 0.537. The van der Waals surface area contributed by atoms with Crippen LogP contribution in [0, 0.1) is 0 Å². The van der Waals surface area contributed by atoms with E-state index in [2.05, 4.69) is 10.6 Å². The Balaban J connectivity index is 2.12. The topological polar surface area (TPSA) is 128 Å². The monoisotopic (exact) mass is 242 g/mol. The Labute approximate surface area is 104 Å². The van der Waals surface area contributed by atoms with E-state index in [0.29, 0.717) is 22.7 Å². The van der Waals surface area contributed by atoms with Crippen molar-refractivity contribution in [3.05, 3.63) is 24.3 Å². The van der Waals surface area contributed by atoms with Crippen LogP contribution < -0.4 is 33.6 Å². The second kappa shape index (κ2) is 3.36. The molecule has 0 spiro atoms. The van der Waals surface area contributed by atoms with Crippen molar-refractivity contribution in [1.29, 1.82) is 0 Å². The lowest BCUT2D eigenvalue weighted by atomic mass is 10.1. The molecule has 0 unspecified atom stereocenters. The van der Waals surface area contributed by atoms with Crippen LogP contribution in [-0.2, 0) is 0 Å². The molecule has 1 heterocycles. The molecule has 2 aromatic rings. The zero-order valence-electron chi connectivity index (χ0n) is 9.62. The van der Waals surface area contributed by atoms with Crippen LogP contribution in [0.4, 0.5) is 45.5 Å². The maximum absolute atomic E-state index is 5.78. The molecule has 6 nitrogen and oxygen atoms in total. The Morgan fingerprint density at radius 2 is 0.722 bits per heavy atom. The van der Waals surface area contributed by atoms with Crippen LogP contribution in [0.2, 0.25) is 0 Å². The van der Waals surface area contributed by atoms with E-state index in [1.807, 2.05) is 0 Å². The number of nitrogens with one attached hydrogen (secondary N) is 2. The summed E-state index contributed by atoms with van der Waals surface area (Å²) in [7, 11) is 0. The van der Waals surface area contributed by atoms with Crippen molar-refractivity contribution < 1.29 is 0 Å². The normalized spacial score (nSPS) is 12.0. The molecule has 0 saturated carbocycles. The first-order valence-electron chi connectivity index (χ1n) is 5.46. The van der Waals surface area contributed by atoms with E-state index in [0.717, 1.165) is 22.7 Å². The Hall–Kier alpha value is -2.76. The minimum Gasteiger partial charge on any atom is -0.397 e. The molecule has 0 amide bonds. The predicted octanol–water partition coefficient (Wildman–Crippen LogP) is 1.82. The third-order valence-electron chi connectivity index (χ3n) is 2.99. The predicted molar refractivity (Wildman–Crippen MR) is 77.1 cm³/mol. The summed E-state index contributed by atoms with van der Waals surface area (Å²) in [5, 5.41) is 6.49. The Morgan fingerprint density at radius 3 is 0.944 bits per heavy atom. The molecule has 0 bridgehead atoms. The number of nitrogens with two attached hydrogens (primary N) is 4. The van der Waals surface area contributed by atoms with E-state index in [4.69, 9.17) is 22.9 Å². The molecule has 1 aliphatic heterocycles. The number of hydrogen-bond donors (Lipinski definition) is 6. The molecule has 0 aliphatic carbocycles. The fraction of sp³-hybridized carbons (Fsp3) is 0. The van der Waals surface area contributed by atoms with E-state index >= 15 is 0 Å². The number of hydrogen-bond acceptors (Lipinski definition) is 6. The lowest BCUT2D eigenvalue weighted by molar-refractivity contribution is 1.45. The third-order valence-corrected chi connectivity index (χ3v) is 2.99. The van der Waals surface area contributed by atoms with Gasteiger partial charge in [0.2, 0.25) is 0 Å². The number of fused-ring (bicyclic) bond motifs is 2. The highest BCUT2D eigenvalue weighted by Crippen LogP contribution is 2.43. The van der Waals surface area contributed by atoms with Gasteiger partial charge in [0.05, 0.1) is 45.5 Å². The Bertz CT molecular complexity index is 538. The third kappa shape index (κ3) is 1.43. The van der Waals surface area contributed by atoms with Crippen molar-refractivity contribution in [2.24, 2.45) is 0 Å². The van der Waals surface area contributed by atoms with Crippen molar-refractivity contribution in [3.63, 3.8) is 0 Å². The maximum Gasteiger partial charge on any atom is 0.0646 e. The van der Waals surface area contributed by atoms with Crippen LogP contribution in [0.1, 0.15) is 0 Å². The van der Waals surface area contributed by atoms with Crippen molar-refractivity contribution in [2.75, 3.05) is 33.6 Å². The Morgan fingerprint density at radius 1 is 0.500 bits per heavy atom. The molecule has 0 aromatic heterocycles. The number of rotatable bonds is 0. The molecular weight excluding hydrogens is 228 g/mol. The molecule has 92 valence electrons. The summed E-state index contributed by atoms with van der Waals surface area (Å²) < 4.78 is 0. The highest BCUT2D eigenvalue weighted by Gasteiger charge is 2.16. The summed E-state index contributed by atoms with van der Waals surface area (Å²) >= 11 is 0. The quantitative estimate of drug-likeness (QED) is 0.334. The maximum atomic E-state index is 5.78. The summed E-state index contributed by atoms with van der Waals surface area (Å²) in [5.41, 5.74) is 28.7. The molecule has 1 aliphatic rings. The molecule has 18 heavy (non-hydrogen) atoms. The smallest absolute Gasteiger partial charge is 0.0646 e. The molecule has 2 aromatic carbocycles.